The summed E-state index contributed by atoms with van der Waals surface area (Å²) in [7, 11) is 0. The van der Waals surface area contributed by atoms with E-state index in [9.17, 15) is 0 Å². The molecule has 1 aliphatic carbocycles. The Morgan fingerprint density at radius 2 is 2.15 bits per heavy atom. The summed E-state index contributed by atoms with van der Waals surface area (Å²) in [6.45, 7) is 8.01. The molecule has 1 rings (SSSR count). The van der Waals surface area contributed by atoms with Crippen molar-refractivity contribution in [1.29, 1.82) is 0 Å². The summed E-state index contributed by atoms with van der Waals surface area (Å²) in [5.41, 5.74) is 0. The van der Waals surface area contributed by atoms with Crippen molar-refractivity contribution < 1.29 is 0 Å². The molecule has 0 amide bonds. The van der Waals surface area contributed by atoms with Gasteiger partial charge in [0.05, 0.1) is 0 Å². The molecule has 0 aliphatic heterocycles. The number of hydrogen-bond donors (Lipinski definition) is 2. The molecule has 1 aliphatic rings. The molecule has 0 heterocycles. The highest BCUT2D eigenvalue weighted by Gasteiger charge is 2.19. The third kappa shape index (κ3) is 6.05. The topological polar surface area (TPSA) is 24.1 Å². The van der Waals surface area contributed by atoms with Crippen molar-refractivity contribution in [3.05, 3.63) is 0 Å². The first-order chi connectivity index (χ1) is 6.33. The van der Waals surface area contributed by atoms with Gasteiger partial charge in [0.2, 0.25) is 0 Å². The van der Waals surface area contributed by atoms with Gasteiger partial charge in [0, 0.05) is 6.04 Å². The Labute approximate surface area is 82.5 Å². The van der Waals surface area contributed by atoms with Crippen LogP contribution in [0, 0.1) is 5.92 Å². The molecule has 0 spiro atoms. The fourth-order valence-electron chi connectivity index (χ4n) is 1.54. The van der Waals surface area contributed by atoms with Gasteiger partial charge in [-0.3, -0.25) is 0 Å². The van der Waals surface area contributed by atoms with Gasteiger partial charge in [0.15, 0.2) is 0 Å². The van der Waals surface area contributed by atoms with Gasteiger partial charge < -0.3 is 10.6 Å². The molecule has 1 fully saturated rings. The molecule has 1 atom stereocenters. The first-order valence-corrected chi connectivity index (χ1v) is 5.77. The maximum absolute atomic E-state index is 3.55. The van der Waals surface area contributed by atoms with Crippen molar-refractivity contribution in [3.63, 3.8) is 0 Å². The summed E-state index contributed by atoms with van der Waals surface area (Å²) in [5, 5.41) is 6.94. The lowest BCUT2D eigenvalue weighted by atomic mass is 10.1. The van der Waals surface area contributed by atoms with Gasteiger partial charge in [-0.15, -0.1) is 0 Å². The summed E-state index contributed by atoms with van der Waals surface area (Å²) >= 11 is 0. The van der Waals surface area contributed by atoms with Gasteiger partial charge in [-0.05, 0) is 51.2 Å². The van der Waals surface area contributed by atoms with Gasteiger partial charge in [0.1, 0.15) is 0 Å². The normalized spacial score (nSPS) is 18.9. The van der Waals surface area contributed by atoms with Crippen LogP contribution in [0.5, 0.6) is 0 Å². The summed E-state index contributed by atoms with van der Waals surface area (Å²) in [6, 6.07) is 0.879. The molecule has 13 heavy (non-hydrogen) atoms. The first kappa shape index (κ1) is 11.0. The average Bonchev–Trinajstić information content (AvgIpc) is 2.92. The van der Waals surface area contributed by atoms with E-state index >= 15 is 0 Å². The van der Waals surface area contributed by atoms with Crippen molar-refractivity contribution in [2.24, 2.45) is 5.92 Å². The van der Waals surface area contributed by atoms with Crippen LogP contribution in [0.2, 0.25) is 0 Å². The zero-order valence-corrected chi connectivity index (χ0v) is 9.10. The van der Waals surface area contributed by atoms with Crippen LogP contribution in [0.1, 0.15) is 39.5 Å². The minimum absolute atomic E-state index is 0.834. The molecule has 0 radical (unpaired) electrons. The molecule has 0 bridgehead atoms. The summed E-state index contributed by atoms with van der Waals surface area (Å²) < 4.78 is 0. The molecule has 78 valence electrons. The Morgan fingerprint density at radius 3 is 2.77 bits per heavy atom. The fourth-order valence-corrected chi connectivity index (χ4v) is 1.54. The smallest absolute Gasteiger partial charge is 0.00682 e. The lowest BCUT2D eigenvalue weighted by Crippen LogP contribution is -2.22. The van der Waals surface area contributed by atoms with E-state index < -0.39 is 0 Å². The lowest BCUT2D eigenvalue weighted by molar-refractivity contribution is 0.463. The molecule has 0 aromatic carbocycles. The first-order valence-electron chi connectivity index (χ1n) is 5.77. The van der Waals surface area contributed by atoms with Crippen LogP contribution in [-0.4, -0.2) is 25.7 Å². The summed E-state index contributed by atoms with van der Waals surface area (Å²) in [6.07, 6.45) is 5.51. The Balaban J connectivity index is 1.79. The Kier molecular flexibility index (Phi) is 5.40. The van der Waals surface area contributed by atoms with Gasteiger partial charge in [0.25, 0.3) is 0 Å². The predicted octanol–water partition coefficient (Wildman–Crippen LogP) is 1.76. The third-order valence-electron chi connectivity index (χ3n) is 2.63. The van der Waals surface area contributed by atoms with Crippen molar-refractivity contribution >= 4 is 0 Å². The van der Waals surface area contributed by atoms with Crippen LogP contribution < -0.4 is 10.6 Å². The zero-order chi connectivity index (χ0) is 9.52. The Bertz CT molecular complexity index is 121. The predicted molar refractivity (Wildman–Crippen MR) is 58.0 cm³/mol. The minimum Gasteiger partial charge on any atom is -0.317 e. The molecule has 0 saturated heterocycles. The quantitative estimate of drug-likeness (QED) is 0.562. The van der Waals surface area contributed by atoms with Crippen LogP contribution in [0.25, 0.3) is 0 Å². The monoisotopic (exact) mass is 184 g/mol. The fraction of sp³-hybridized carbons (Fsp3) is 1.00. The van der Waals surface area contributed by atoms with Gasteiger partial charge >= 0.3 is 0 Å². The standard InChI is InChI=1S/C11H24N2/c1-3-12-9-10(2)5-4-8-13-11-6-7-11/h10-13H,3-9H2,1-2H3. The van der Waals surface area contributed by atoms with Crippen LogP contribution in [0.3, 0.4) is 0 Å². The van der Waals surface area contributed by atoms with E-state index in [1.54, 1.807) is 0 Å². The second-order valence-corrected chi connectivity index (χ2v) is 4.28. The van der Waals surface area contributed by atoms with Gasteiger partial charge in [-0.25, -0.2) is 0 Å². The second-order valence-electron chi connectivity index (χ2n) is 4.28. The Hall–Kier alpha value is -0.0800. The second kappa shape index (κ2) is 6.39. The van der Waals surface area contributed by atoms with Gasteiger partial charge in [-0.1, -0.05) is 13.8 Å². The molecule has 0 aromatic rings. The molecular formula is C11H24N2. The van der Waals surface area contributed by atoms with E-state index in [-0.39, 0.29) is 0 Å². The highest BCUT2D eigenvalue weighted by Crippen LogP contribution is 2.18. The van der Waals surface area contributed by atoms with Crippen LogP contribution in [-0.2, 0) is 0 Å². The van der Waals surface area contributed by atoms with E-state index in [4.69, 9.17) is 0 Å². The molecule has 2 heteroatoms. The SMILES string of the molecule is CCNCC(C)CCCNC1CC1. The maximum Gasteiger partial charge on any atom is 0.00682 e. The molecule has 2 nitrogen and oxygen atoms in total. The molecule has 2 N–H and O–H groups in total. The summed E-state index contributed by atoms with van der Waals surface area (Å²) in [4.78, 5) is 0. The van der Waals surface area contributed by atoms with E-state index in [0.29, 0.717) is 0 Å². The third-order valence-corrected chi connectivity index (χ3v) is 2.63. The number of rotatable bonds is 8. The van der Waals surface area contributed by atoms with Crippen molar-refractivity contribution in [2.45, 2.75) is 45.6 Å². The largest absolute Gasteiger partial charge is 0.317 e. The highest BCUT2D eigenvalue weighted by molar-refractivity contribution is 4.80. The van der Waals surface area contributed by atoms with Gasteiger partial charge in [-0.2, -0.15) is 0 Å². The van der Waals surface area contributed by atoms with Crippen molar-refractivity contribution in [3.8, 4) is 0 Å². The molecule has 0 aromatic heterocycles. The average molecular weight is 184 g/mol. The van der Waals surface area contributed by atoms with Crippen LogP contribution in [0.4, 0.5) is 0 Å². The van der Waals surface area contributed by atoms with Crippen LogP contribution >= 0.6 is 0 Å². The van der Waals surface area contributed by atoms with Crippen molar-refractivity contribution in [1.82, 2.24) is 10.6 Å². The van der Waals surface area contributed by atoms with E-state index in [1.165, 1.54) is 38.8 Å². The van der Waals surface area contributed by atoms with Crippen molar-refractivity contribution in [2.75, 3.05) is 19.6 Å². The minimum atomic E-state index is 0.834. The number of nitrogens with one attached hydrogen (secondary N) is 2. The number of hydrogen-bond acceptors (Lipinski definition) is 2. The lowest BCUT2D eigenvalue weighted by Gasteiger charge is -2.11. The molecule has 1 saturated carbocycles. The molecular weight excluding hydrogens is 160 g/mol. The van der Waals surface area contributed by atoms with E-state index in [1.807, 2.05) is 0 Å². The Morgan fingerprint density at radius 1 is 1.38 bits per heavy atom. The maximum atomic E-state index is 3.55. The van der Waals surface area contributed by atoms with E-state index in [0.717, 1.165) is 18.5 Å². The van der Waals surface area contributed by atoms with Crippen LogP contribution in [0.15, 0.2) is 0 Å². The summed E-state index contributed by atoms with van der Waals surface area (Å²) in [5.74, 6) is 0.834. The molecule has 1 unspecified atom stereocenters. The van der Waals surface area contributed by atoms with E-state index in [2.05, 4.69) is 24.5 Å². The zero-order valence-electron chi connectivity index (χ0n) is 9.10. The highest BCUT2D eigenvalue weighted by atomic mass is 14.9.